The van der Waals surface area contributed by atoms with Crippen molar-refractivity contribution >= 4 is 0 Å². The van der Waals surface area contributed by atoms with Gasteiger partial charge in [0.1, 0.15) is 0 Å². The quantitative estimate of drug-likeness (QED) is 0.512. The molecule has 0 saturated heterocycles. The number of rotatable bonds is 6. The lowest BCUT2D eigenvalue weighted by Crippen LogP contribution is -2.27. The van der Waals surface area contributed by atoms with E-state index >= 15 is 0 Å². The summed E-state index contributed by atoms with van der Waals surface area (Å²) in [4.78, 5) is 0. The minimum Gasteiger partial charge on any atom is -0.0811 e. The highest BCUT2D eigenvalue weighted by atomic mass is 14.4. The average Bonchev–Trinajstić information content (AvgIpc) is 2.41. The molecule has 0 fully saturated rings. The molecule has 0 aromatic carbocycles. The second-order valence-electron chi connectivity index (χ2n) is 6.33. The predicted molar refractivity (Wildman–Crippen MR) is 80.6 cm³/mol. The maximum Gasteiger partial charge on any atom is -0.0131 e. The first-order chi connectivity index (χ1) is 8.83. The SMILES string of the molecule is CCCCCCC[C@H]1C(C)C=CC2=CCCCC21. The van der Waals surface area contributed by atoms with Crippen LogP contribution < -0.4 is 0 Å². The van der Waals surface area contributed by atoms with E-state index in [-0.39, 0.29) is 0 Å². The molecule has 0 aromatic heterocycles. The summed E-state index contributed by atoms with van der Waals surface area (Å²) in [6.07, 6.45) is 20.1. The third kappa shape index (κ3) is 3.49. The molecule has 0 saturated carbocycles. The third-order valence-corrected chi connectivity index (χ3v) is 4.95. The van der Waals surface area contributed by atoms with Crippen LogP contribution in [0.3, 0.4) is 0 Å². The maximum absolute atomic E-state index is 2.50. The maximum atomic E-state index is 2.50. The highest BCUT2D eigenvalue weighted by Crippen LogP contribution is 2.42. The van der Waals surface area contributed by atoms with E-state index in [1.807, 2.05) is 0 Å². The van der Waals surface area contributed by atoms with E-state index in [1.165, 1.54) is 57.8 Å². The molecule has 0 radical (unpaired) electrons. The van der Waals surface area contributed by atoms with Crippen molar-refractivity contribution in [3.8, 4) is 0 Å². The van der Waals surface area contributed by atoms with Gasteiger partial charge in [0.15, 0.2) is 0 Å². The Labute approximate surface area is 114 Å². The van der Waals surface area contributed by atoms with Crippen molar-refractivity contribution in [2.75, 3.05) is 0 Å². The number of hydrogen-bond acceptors (Lipinski definition) is 0. The van der Waals surface area contributed by atoms with E-state index in [4.69, 9.17) is 0 Å². The lowest BCUT2D eigenvalue weighted by Gasteiger charge is -2.37. The number of hydrogen-bond donors (Lipinski definition) is 0. The van der Waals surface area contributed by atoms with Crippen LogP contribution >= 0.6 is 0 Å². The van der Waals surface area contributed by atoms with E-state index in [1.54, 1.807) is 5.57 Å². The fourth-order valence-electron chi connectivity index (χ4n) is 3.80. The van der Waals surface area contributed by atoms with Crippen LogP contribution in [0.1, 0.15) is 71.6 Å². The van der Waals surface area contributed by atoms with Gasteiger partial charge in [0.2, 0.25) is 0 Å². The van der Waals surface area contributed by atoms with Gasteiger partial charge in [-0.15, -0.1) is 0 Å². The van der Waals surface area contributed by atoms with E-state index in [0.29, 0.717) is 0 Å². The van der Waals surface area contributed by atoms with Crippen LogP contribution in [0.2, 0.25) is 0 Å². The van der Waals surface area contributed by atoms with E-state index < -0.39 is 0 Å². The largest absolute Gasteiger partial charge is 0.0811 e. The topological polar surface area (TPSA) is 0 Å². The first-order valence-corrected chi connectivity index (χ1v) is 8.21. The Morgan fingerprint density at radius 2 is 2.00 bits per heavy atom. The van der Waals surface area contributed by atoms with Gasteiger partial charge in [0, 0.05) is 0 Å². The summed E-state index contributed by atoms with van der Waals surface area (Å²) in [6.45, 7) is 4.73. The number of unbranched alkanes of at least 4 members (excludes halogenated alkanes) is 4. The molecule has 2 aliphatic carbocycles. The lowest BCUT2D eigenvalue weighted by atomic mass is 9.68. The van der Waals surface area contributed by atoms with Gasteiger partial charge < -0.3 is 0 Å². The predicted octanol–water partition coefficient (Wildman–Crippen LogP) is 5.90. The molecule has 102 valence electrons. The molecule has 0 aliphatic heterocycles. The Morgan fingerprint density at radius 1 is 1.17 bits per heavy atom. The molecule has 0 amide bonds. The zero-order valence-electron chi connectivity index (χ0n) is 12.3. The van der Waals surface area contributed by atoms with Crippen LogP contribution in [0.4, 0.5) is 0 Å². The normalized spacial score (nSPS) is 31.0. The van der Waals surface area contributed by atoms with Crippen LogP contribution in [0.25, 0.3) is 0 Å². The summed E-state index contributed by atoms with van der Waals surface area (Å²) in [5.74, 6) is 2.63. The first-order valence-electron chi connectivity index (χ1n) is 8.21. The molecule has 0 spiro atoms. The summed E-state index contributed by atoms with van der Waals surface area (Å²) in [7, 11) is 0. The smallest absolute Gasteiger partial charge is 0.0131 e. The zero-order chi connectivity index (χ0) is 12.8. The van der Waals surface area contributed by atoms with E-state index in [0.717, 1.165) is 17.8 Å². The van der Waals surface area contributed by atoms with E-state index in [2.05, 4.69) is 32.1 Å². The van der Waals surface area contributed by atoms with Crippen LogP contribution in [0, 0.1) is 17.8 Å². The van der Waals surface area contributed by atoms with Gasteiger partial charge in [-0.3, -0.25) is 0 Å². The lowest BCUT2D eigenvalue weighted by molar-refractivity contribution is 0.252. The highest BCUT2D eigenvalue weighted by molar-refractivity contribution is 5.28. The molecule has 2 rings (SSSR count). The molecule has 2 aliphatic rings. The molecule has 0 nitrogen and oxygen atoms in total. The van der Waals surface area contributed by atoms with Crippen molar-refractivity contribution in [2.45, 2.75) is 71.6 Å². The second kappa shape index (κ2) is 7.16. The van der Waals surface area contributed by atoms with Gasteiger partial charge in [0.05, 0.1) is 0 Å². The number of fused-ring (bicyclic) bond motifs is 1. The Kier molecular flexibility index (Phi) is 5.53. The molecule has 0 N–H and O–H groups in total. The van der Waals surface area contributed by atoms with Crippen molar-refractivity contribution in [3.05, 3.63) is 23.8 Å². The third-order valence-electron chi connectivity index (χ3n) is 4.95. The van der Waals surface area contributed by atoms with Gasteiger partial charge in [0.25, 0.3) is 0 Å². The van der Waals surface area contributed by atoms with Crippen LogP contribution in [-0.2, 0) is 0 Å². The number of allylic oxidation sites excluding steroid dienone is 4. The fraction of sp³-hybridized carbons (Fsp3) is 0.778. The van der Waals surface area contributed by atoms with Crippen molar-refractivity contribution in [1.82, 2.24) is 0 Å². The summed E-state index contributed by atoms with van der Waals surface area (Å²) in [5, 5.41) is 0. The minimum absolute atomic E-state index is 0.802. The first kappa shape index (κ1) is 13.9. The average molecular weight is 246 g/mol. The molecule has 0 aromatic rings. The van der Waals surface area contributed by atoms with Gasteiger partial charge in [-0.2, -0.15) is 0 Å². The molecule has 0 heterocycles. The molecule has 2 unspecified atom stereocenters. The summed E-state index contributed by atoms with van der Waals surface area (Å²) in [5.41, 5.74) is 1.66. The molecular weight excluding hydrogens is 216 g/mol. The van der Waals surface area contributed by atoms with Crippen molar-refractivity contribution in [3.63, 3.8) is 0 Å². The van der Waals surface area contributed by atoms with Crippen molar-refractivity contribution < 1.29 is 0 Å². The zero-order valence-corrected chi connectivity index (χ0v) is 12.3. The molecule has 0 heteroatoms. The highest BCUT2D eigenvalue weighted by Gasteiger charge is 2.31. The van der Waals surface area contributed by atoms with Crippen molar-refractivity contribution in [2.24, 2.45) is 17.8 Å². The van der Waals surface area contributed by atoms with Crippen LogP contribution in [0.5, 0.6) is 0 Å². The Morgan fingerprint density at radius 3 is 2.83 bits per heavy atom. The van der Waals surface area contributed by atoms with Crippen molar-refractivity contribution in [1.29, 1.82) is 0 Å². The molecule has 3 atom stereocenters. The van der Waals surface area contributed by atoms with Gasteiger partial charge in [-0.05, 0) is 49.0 Å². The van der Waals surface area contributed by atoms with Gasteiger partial charge in [-0.25, -0.2) is 0 Å². The van der Waals surface area contributed by atoms with Gasteiger partial charge in [-0.1, -0.05) is 64.2 Å². The summed E-state index contributed by atoms with van der Waals surface area (Å²) in [6, 6.07) is 0. The fourth-order valence-corrected chi connectivity index (χ4v) is 3.80. The Hall–Kier alpha value is -0.520. The van der Waals surface area contributed by atoms with E-state index in [9.17, 15) is 0 Å². The Bertz CT molecular complexity index is 297. The Balaban J connectivity index is 1.84. The second-order valence-corrected chi connectivity index (χ2v) is 6.33. The van der Waals surface area contributed by atoms with Crippen LogP contribution in [0.15, 0.2) is 23.8 Å². The molecule has 18 heavy (non-hydrogen) atoms. The monoisotopic (exact) mass is 246 g/mol. The molecule has 0 bridgehead atoms. The minimum atomic E-state index is 0.802. The van der Waals surface area contributed by atoms with Crippen LogP contribution in [-0.4, -0.2) is 0 Å². The standard InChI is InChI=1S/C18H30/c1-3-4-5-6-7-11-17-15(2)13-14-16-10-8-9-12-18(16)17/h10,13-15,17-18H,3-9,11-12H2,1-2H3/t15?,17-,18?/m0/s1. The van der Waals surface area contributed by atoms with Gasteiger partial charge >= 0.3 is 0 Å². The molecular formula is C18H30. The summed E-state index contributed by atoms with van der Waals surface area (Å²) >= 11 is 0. The summed E-state index contributed by atoms with van der Waals surface area (Å²) < 4.78 is 0.